The Hall–Kier alpha value is -2.05. The van der Waals surface area contributed by atoms with Gasteiger partial charge in [0.2, 0.25) is 0 Å². The number of halogens is 3. The van der Waals surface area contributed by atoms with Crippen molar-refractivity contribution in [2.24, 2.45) is 0 Å². The van der Waals surface area contributed by atoms with Gasteiger partial charge in [-0.25, -0.2) is 4.79 Å². The van der Waals surface area contributed by atoms with Gasteiger partial charge in [0, 0.05) is 12.1 Å². The van der Waals surface area contributed by atoms with E-state index in [4.69, 9.17) is 5.11 Å². The van der Waals surface area contributed by atoms with Crippen LogP contribution in [0.1, 0.15) is 28.8 Å². The van der Waals surface area contributed by atoms with Crippen molar-refractivity contribution in [1.29, 1.82) is 0 Å². The number of carboxylic acid groups (broad SMARTS) is 1. The number of aliphatic carboxylic acids is 1. The standard InChI is InChI=1S/C13H12F3NO3/c14-13(15,16)9-5-3-8(4-6-9)11(18)17-7-1-2-10(17)12(19)20/h3-6,10H,1-2,7H2,(H,19,20)/t10-/m0/s1. The molecule has 1 amide bonds. The van der Waals surface area contributed by atoms with Gasteiger partial charge in [-0.1, -0.05) is 0 Å². The molecule has 1 aromatic rings. The van der Waals surface area contributed by atoms with E-state index in [1.165, 1.54) is 4.90 Å². The summed E-state index contributed by atoms with van der Waals surface area (Å²) in [5.74, 6) is -1.65. The van der Waals surface area contributed by atoms with Crippen LogP contribution in [0.15, 0.2) is 24.3 Å². The van der Waals surface area contributed by atoms with E-state index >= 15 is 0 Å². The van der Waals surface area contributed by atoms with Gasteiger partial charge in [0.15, 0.2) is 0 Å². The van der Waals surface area contributed by atoms with Crippen molar-refractivity contribution >= 4 is 11.9 Å². The van der Waals surface area contributed by atoms with Gasteiger partial charge < -0.3 is 10.0 Å². The van der Waals surface area contributed by atoms with E-state index in [0.29, 0.717) is 19.4 Å². The molecule has 108 valence electrons. The minimum absolute atomic E-state index is 0.0613. The lowest BCUT2D eigenvalue weighted by atomic mass is 10.1. The molecule has 20 heavy (non-hydrogen) atoms. The topological polar surface area (TPSA) is 57.6 Å². The maximum Gasteiger partial charge on any atom is 0.416 e. The Morgan fingerprint density at radius 1 is 1.20 bits per heavy atom. The first-order valence-corrected chi connectivity index (χ1v) is 6.02. The average molecular weight is 287 g/mol. The molecule has 1 N–H and O–H groups in total. The largest absolute Gasteiger partial charge is 0.480 e. The first kappa shape index (κ1) is 14.4. The van der Waals surface area contributed by atoms with E-state index in [0.717, 1.165) is 24.3 Å². The molecule has 7 heteroatoms. The number of amides is 1. The van der Waals surface area contributed by atoms with Crippen LogP contribution in [0.5, 0.6) is 0 Å². The van der Waals surface area contributed by atoms with Gasteiger partial charge in [0.25, 0.3) is 5.91 Å². The summed E-state index contributed by atoms with van der Waals surface area (Å²) in [6.07, 6.45) is -3.52. The van der Waals surface area contributed by atoms with Gasteiger partial charge in [0.1, 0.15) is 6.04 Å². The van der Waals surface area contributed by atoms with Crippen molar-refractivity contribution in [3.8, 4) is 0 Å². The second-order valence-corrected chi connectivity index (χ2v) is 4.57. The Labute approximate surface area is 112 Å². The van der Waals surface area contributed by atoms with Crippen LogP contribution in [-0.2, 0) is 11.0 Å². The SMILES string of the molecule is O=C(O)[C@@H]1CCCN1C(=O)c1ccc(C(F)(F)F)cc1. The summed E-state index contributed by atoms with van der Waals surface area (Å²) in [6.45, 7) is 0.302. The van der Waals surface area contributed by atoms with Crippen LogP contribution in [0, 0.1) is 0 Å². The van der Waals surface area contributed by atoms with Crippen molar-refractivity contribution in [1.82, 2.24) is 4.90 Å². The molecule has 0 bridgehead atoms. The fraction of sp³-hybridized carbons (Fsp3) is 0.385. The predicted molar refractivity (Wildman–Crippen MR) is 63.1 cm³/mol. The number of alkyl halides is 3. The summed E-state index contributed by atoms with van der Waals surface area (Å²) in [4.78, 5) is 24.3. The highest BCUT2D eigenvalue weighted by Gasteiger charge is 2.35. The fourth-order valence-corrected chi connectivity index (χ4v) is 2.23. The van der Waals surface area contributed by atoms with Crippen molar-refractivity contribution < 1.29 is 27.9 Å². The summed E-state index contributed by atoms with van der Waals surface area (Å²) < 4.78 is 37.2. The first-order valence-electron chi connectivity index (χ1n) is 6.02. The highest BCUT2D eigenvalue weighted by molar-refractivity contribution is 5.97. The third-order valence-electron chi connectivity index (χ3n) is 3.26. The van der Waals surface area contributed by atoms with Crippen LogP contribution in [0.2, 0.25) is 0 Å². The van der Waals surface area contributed by atoms with Gasteiger partial charge in [-0.2, -0.15) is 13.2 Å². The van der Waals surface area contributed by atoms with Gasteiger partial charge in [-0.15, -0.1) is 0 Å². The Morgan fingerprint density at radius 3 is 2.30 bits per heavy atom. The maximum absolute atomic E-state index is 12.4. The zero-order valence-corrected chi connectivity index (χ0v) is 10.4. The Bertz CT molecular complexity index is 525. The van der Waals surface area contributed by atoms with E-state index < -0.39 is 29.7 Å². The highest BCUT2D eigenvalue weighted by atomic mass is 19.4. The van der Waals surface area contributed by atoms with Crippen LogP contribution in [-0.4, -0.2) is 34.5 Å². The Balaban J connectivity index is 2.19. The molecule has 2 rings (SSSR count). The lowest BCUT2D eigenvalue weighted by Crippen LogP contribution is -2.40. The summed E-state index contributed by atoms with van der Waals surface area (Å²) in [5, 5.41) is 8.99. The lowest BCUT2D eigenvalue weighted by Gasteiger charge is -2.21. The van der Waals surface area contributed by atoms with Crippen molar-refractivity contribution in [3.05, 3.63) is 35.4 Å². The number of nitrogens with zero attached hydrogens (tertiary/aromatic N) is 1. The molecular formula is C13H12F3NO3. The van der Waals surface area contributed by atoms with Crippen LogP contribution in [0.3, 0.4) is 0 Å². The molecule has 1 fully saturated rings. The summed E-state index contributed by atoms with van der Waals surface area (Å²) >= 11 is 0. The van der Waals surface area contributed by atoms with Crippen LogP contribution in [0.25, 0.3) is 0 Å². The van der Waals surface area contributed by atoms with Gasteiger partial charge in [0.05, 0.1) is 5.56 Å². The van der Waals surface area contributed by atoms with Crippen LogP contribution >= 0.6 is 0 Å². The normalized spacial score (nSPS) is 19.1. The second kappa shape index (κ2) is 5.15. The van der Waals surface area contributed by atoms with E-state index in [2.05, 4.69) is 0 Å². The monoisotopic (exact) mass is 287 g/mol. The van der Waals surface area contributed by atoms with Crippen molar-refractivity contribution in [2.75, 3.05) is 6.54 Å². The number of carboxylic acids is 1. The van der Waals surface area contributed by atoms with E-state index in [9.17, 15) is 22.8 Å². The minimum atomic E-state index is -4.46. The van der Waals surface area contributed by atoms with Crippen molar-refractivity contribution in [2.45, 2.75) is 25.1 Å². The molecule has 1 aliphatic rings. The molecular weight excluding hydrogens is 275 g/mol. The van der Waals surface area contributed by atoms with E-state index in [1.807, 2.05) is 0 Å². The molecule has 4 nitrogen and oxygen atoms in total. The molecule has 0 aromatic heterocycles. The van der Waals surface area contributed by atoms with Crippen LogP contribution < -0.4 is 0 Å². The van der Waals surface area contributed by atoms with Gasteiger partial charge >= 0.3 is 12.1 Å². The maximum atomic E-state index is 12.4. The van der Waals surface area contributed by atoms with E-state index in [-0.39, 0.29) is 5.56 Å². The van der Waals surface area contributed by atoms with E-state index in [1.54, 1.807) is 0 Å². The number of hydrogen-bond acceptors (Lipinski definition) is 2. The Kier molecular flexibility index (Phi) is 3.69. The number of likely N-dealkylation sites (tertiary alicyclic amines) is 1. The third kappa shape index (κ3) is 2.76. The summed E-state index contributed by atoms with van der Waals surface area (Å²) in [7, 11) is 0. The Morgan fingerprint density at radius 2 is 1.80 bits per heavy atom. The number of benzene rings is 1. The van der Waals surface area contributed by atoms with Gasteiger partial charge in [-0.05, 0) is 37.1 Å². The third-order valence-corrected chi connectivity index (χ3v) is 3.26. The second-order valence-electron chi connectivity index (χ2n) is 4.57. The summed E-state index contributed by atoms with van der Waals surface area (Å²) in [6, 6.07) is 2.88. The molecule has 0 unspecified atom stereocenters. The van der Waals surface area contributed by atoms with Crippen LogP contribution in [0.4, 0.5) is 13.2 Å². The fourth-order valence-electron chi connectivity index (χ4n) is 2.23. The number of rotatable bonds is 2. The molecule has 1 saturated heterocycles. The number of carbonyl (C=O) groups is 2. The number of hydrogen-bond donors (Lipinski definition) is 1. The number of carbonyl (C=O) groups excluding carboxylic acids is 1. The first-order chi connectivity index (χ1) is 9.30. The lowest BCUT2D eigenvalue weighted by molar-refractivity contribution is -0.141. The predicted octanol–water partition coefficient (Wildman–Crippen LogP) is 2.39. The molecule has 1 heterocycles. The zero-order chi connectivity index (χ0) is 14.9. The summed E-state index contributed by atoms with van der Waals surface area (Å²) in [5.41, 5.74) is -0.781. The van der Waals surface area contributed by atoms with Crippen molar-refractivity contribution in [3.63, 3.8) is 0 Å². The molecule has 1 aliphatic heterocycles. The molecule has 0 radical (unpaired) electrons. The molecule has 0 spiro atoms. The minimum Gasteiger partial charge on any atom is -0.480 e. The molecule has 0 aliphatic carbocycles. The smallest absolute Gasteiger partial charge is 0.416 e. The highest BCUT2D eigenvalue weighted by Crippen LogP contribution is 2.29. The quantitative estimate of drug-likeness (QED) is 0.908. The molecule has 1 aromatic carbocycles. The zero-order valence-electron chi connectivity index (χ0n) is 10.4. The molecule has 1 atom stereocenters. The molecule has 0 saturated carbocycles. The van der Waals surface area contributed by atoms with Gasteiger partial charge in [-0.3, -0.25) is 4.79 Å². The average Bonchev–Trinajstić information content (AvgIpc) is 2.86.